The van der Waals surface area contributed by atoms with Crippen molar-refractivity contribution >= 4 is 5.96 Å². The summed E-state index contributed by atoms with van der Waals surface area (Å²) in [4.78, 5) is 6.48. The number of benzene rings is 1. The molecule has 1 aromatic rings. The molecule has 25 heavy (non-hydrogen) atoms. The van der Waals surface area contributed by atoms with Gasteiger partial charge in [0.2, 0.25) is 0 Å². The fourth-order valence-corrected chi connectivity index (χ4v) is 2.77. The van der Waals surface area contributed by atoms with Crippen molar-refractivity contribution in [1.29, 1.82) is 0 Å². The van der Waals surface area contributed by atoms with Crippen molar-refractivity contribution in [3.05, 3.63) is 35.4 Å². The highest BCUT2D eigenvalue weighted by Gasteiger charge is 2.12. The van der Waals surface area contributed by atoms with E-state index in [1.165, 1.54) is 11.1 Å². The van der Waals surface area contributed by atoms with Gasteiger partial charge in [0.1, 0.15) is 0 Å². The van der Waals surface area contributed by atoms with Crippen LogP contribution in [0.25, 0.3) is 0 Å². The first-order valence-corrected chi connectivity index (χ1v) is 9.24. The topological polar surface area (TPSA) is 48.9 Å². The molecular weight excluding hydrogens is 312 g/mol. The zero-order valence-corrected chi connectivity index (χ0v) is 16.8. The lowest BCUT2D eigenvalue weighted by molar-refractivity contribution is 0.0258. The maximum atomic E-state index is 5.79. The molecule has 0 saturated heterocycles. The van der Waals surface area contributed by atoms with Gasteiger partial charge in [0.25, 0.3) is 0 Å². The summed E-state index contributed by atoms with van der Waals surface area (Å²) in [5.41, 5.74) is 2.58. The van der Waals surface area contributed by atoms with E-state index >= 15 is 0 Å². The van der Waals surface area contributed by atoms with E-state index in [0.717, 1.165) is 38.6 Å². The van der Waals surface area contributed by atoms with Crippen LogP contribution in [0.15, 0.2) is 29.3 Å². The minimum atomic E-state index is 0.290. The van der Waals surface area contributed by atoms with Gasteiger partial charge in [0, 0.05) is 33.3 Å². The smallest absolute Gasteiger partial charge is 0.191 e. The van der Waals surface area contributed by atoms with E-state index in [4.69, 9.17) is 4.74 Å². The van der Waals surface area contributed by atoms with Crippen molar-refractivity contribution in [2.45, 2.75) is 46.4 Å². The Bertz CT molecular complexity index is 514. The number of aliphatic imine (C=N–C) groups is 1. The molecule has 1 unspecified atom stereocenters. The molecular formula is C20H36N4O. The minimum absolute atomic E-state index is 0.290. The van der Waals surface area contributed by atoms with Gasteiger partial charge in [-0.1, -0.05) is 38.1 Å². The maximum absolute atomic E-state index is 5.79. The second-order valence-corrected chi connectivity index (χ2v) is 6.94. The second kappa shape index (κ2) is 11.9. The van der Waals surface area contributed by atoms with E-state index < -0.39 is 0 Å². The number of nitrogens with one attached hydrogen (secondary N) is 2. The molecule has 2 N–H and O–H groups in total. The molecule has 0 radical (unpaired) electrons. The van der Waals surface area contributed by atoms with Crippen molar-refractivity contribution < 1.29 is 4.74 Å². The Morgan fingerprint density at radius 1 is 1.20 bits per heavy atom. The molecule has 5 nitrogen and oxygen atoms in total. The van der Waals surface area contributed by atoms with Crippen LogP contribution in [0, 0.1) is 5.92 Å². The summed E-state index contributed by atoms with van der Waals surface area (Å²) in [6.07, 6.45) is 1.27. The Morgan fingerprint density at radius 3 is 2.52 bits per heavy atom. The molecule has 0 heterocycles. The van der Waals surface area contributed by atoms with Crippen LogP contribution in [0.3, 0.4) is 0 Å². The zero-order valence-electron chi connectivity index (χ0n) is 16.8. The lowest BCUT2D eigenvalue weighted by atomic mass is 10.0. The maximum Gasteiger partial charge on any atom is 0.191 e. The van der Waals surface area contributed by atoms with E-state index in [0.29, 0.717) is 12.0 Å². The van der Waals surface area contributed by atoms with Gasteiger partial charge in [-0.25, -0.2) is 0 Å². The summed E-state index contributed by atoms with van der Waals surface area (Å²) in [7, 11) is 5.98. The number of hydrogen-bond acceptors (Lipinski definition) is 3. The third-order valence-electron chi connectivity index (χ3n) is 4.02. The fraction of sp³-hybridized carbons (Fsp3) is 0.650. The summed E-state index contributed by atoms with van der Waals surface area (Å²) >= 11 is 0. The molecule has 0 aliphatic heterocycles. The lowest BCUT2D eigenvalue weighted by Crippen LogP contribution is -2.39. The van der Waals surface area contributed by atoms with Crippen LogP contribution < -0.4 is 10.6 Å². The Labute approximate surface area is 153 Å². The molecule has 0 spiro atoms. The van der Waals surface area contributed by atoms with Gasteiger partial charge >= 0.3 is 0 Å². The van der Waals surface area contributed by atoms with Crippen LogP contribution in [0.5, 0.6) is 0 Å². The van der Waals surface area contributed by atoms with Gasteiger partial charge in [-0.05, 0) is 44.5 Å². The van der Waals surface area contributed by atoms with Crippen molar-refractivity contribution in [2.75, 3.05) is 34.3 Å². The number of rotatable bonds is 10. The first kappa shape index (κ1) is 21.5. The van der Waals surface area contributed by atoms with E-state index in [1.807, 2.05) is 6.92 Å². The average Bonchev–Trinajstić information content (AvgIpc) is 2.56. The minimum Gasteiger partial charge on any atom is -0.378 e. The molecule has 1 aromatic carbocycles. The molecule has 0 saturated carbocycles. The molecule has 5 heteroatoms. The Kier molecular flexibility index (Phi) is 10.2. The SMILES string of the molecule is CCOC(CCNC(=NC)NCc1cccc(CN(C)C)c1)C(C)C. The molecule has 0 aliphatic carbocycles. The van der Waals surface area contributed by atoms with Gasteiger partial charge in [-0.15, -0.1) is 0 Å². The van der Waals surface area contributed by atoms with Gasteiger partial charge in [-0.3, -0.25) is 4.99 Å². The number of nitrogens with zero attached hydrogens (tertiary/aromatic N) is 2. The Hall–Kier alpha value is -1.59. The predicted molar refractivity (Wildman–Crippen MR) is 107 cm³/mol. The highest BCUT2D eigenvalue weighted by molar-refractivity contribution is 5.79. The monoisotopic (exact) mass is 348 g/mol. The van der Waals surface area contributed by atoms with Crippen LogP contribution in [0.4, 0.5) is 0 Å². The molecule has 0 aromatic heterocycles. The standard InChI is InChI=1S/C20H36N4O/c1-7-25-19(16(2)3)11-12-22-20(21-4)23-14-17-9-8-10-18(13-17)15-24(5)6/h8-10,13,16,19H,7,11-12,14-15H2,1-6H3,(H2,21,22,23). The van der Waals surface area contributed by atoms with Crippen LogP contribution in [0.2, 0.25) is 0 Å². The average molecular weight is 349 g/mol. The summed E-state index contributed by atoms with van der Waals surface area (Å²) < 4.78 is 5.79. The van der Waals surface area contributed by atoms with Crippen LogP contribution in [0.1, 0.15) is 38.3 Å². The normalized spacial score (nSPS) is 13.4. The summed E-state index contributed by atoms with van der Waals surface area (Å²) in [6.45, 7) is 9.78. The van der Waals surface area contributed by atoms with E-state index in [9.17, 15) is 0 Å². The lowest BCUT2D eigenvalue weighted by Gasteiger charge is -2.21. The molecule has 0 amide bonds. The van der Waals surface area contributed by atoms with Crippen LogP contribution in [-0.2, 0) is 17.8 Å². The molecule has 1 rings (SSSR count). The molecule has 0 bridgehead atoms. The fourth-order valence-electron chi connectivity index (χ4n) is 2.77. The zero-order chi connectivity index (χ0) is 18.7. The number of ether oxygens (including phenoxy) is 1. The predicted octanol–water partition coefficient (Wildman–Crippen LogP) is 2.86. The van der Waals surface area contributed by atoms with Gasteiger partial charge in [-0.2, -0.15) is 0 Å². The van der Waals surface area contributed by atoms with Crippen molar-refractivity contribution in [2.24, 2.45) is 10.9 Å². The Balaban J connectivity index is 2.44. The molecule has 0 aliphatic rings. The Morgan fingerprint density at radius 2 is 1.92 bits per heavy atom. The van der Waals surface area contributed by atoms with E-state index in [-0.39, 0.29) is 0 Å². The van der Waals surface area contributed by atoms with E-state index in [1.54, 1.807) is 7.05 Å². The highest BCUT2D eigenvalue weighted by Crippen LogP contribution is 2.10. The van der Waals surface area contributed by atoms with Crippen LogP contribution >= 0.6 is 0 Å². The highest BCUT2D eigenvalue weighted by atomic mass is 16.5. The number of hydrogen-bond donors (Lipinski definition) is 2. The summed E-state index contributed by atoms with van der Waals surface area (Å²) in [5.74, 6) is 1.35. The third-order valence-corrected chi connectivity index (χ3v) is 4.02. The molecule has 0 fully saturated rings. The van der Waals surface area contributed by atoms with E-state index in [2.05, 4.69) is 72.7 Å². The van der Waals surface area contributed by atoms with Gasteiger partial charge in [0.05, 0.1) is 6.10 Å². The van der Waals surface area contributed by atoms with Crippen molar-refractivity contribution in [1.82, 2.24) is 15.5 Å². The van der Waals surface area contributed by atoms with Crippen molar-refractivity contribution in [3.8, 4) is 0 Å². The number of guanidine groups is 1. The molecule has 142 valence electrons. The van der Waals surface area contributed by atoms with Crippen LogP contribution in [-0.4, -0.2) is 51.3 Å². The quantitative estimate of drug-likeness (QED) is 0.504. The largest absolute Gasteiger partial charge is 0.378 e. The third kappa shape index (κ3) is 8.89. The van der Waals surface area contributed by atoms with Gasteiger partial charge < -0.3 is 20.3 Å². The summed E-state index contributed by atoms with van der Waals surface area (Å²) in [6, 6.07) is 8.66. The first-order valence-electron chi connectivity index (χ1n) is 9.24. The summed E-state index contributed by atoms with van der Waals surface area (Å²) in [5, 5.41) is 6.77. The second-order valence-electron chi connectivity index (χ2n) is 6.94. The first-order chi connectivity index (χ1) is 12.0. The van der Waals surface area contributed by atoms with Gasteiger partial charge in [0.15, 0.2) is 5.96 Å². The van der Waals surface area contributed by atoms with Crippen molar-refractivity contribution in [3.63, 3.8) is 0 Å². The molecule has 1 atom stereocenters.